The summed E-state index contributed by atoms with van der Waals surface area (Å²) in [6.45, 7) is 6.76. The van der Waals surface area contributed by atoms with E-state index in [2.05, 4.69) is 53.3 Å². The van der Waals surface area contributed by atoms with E-state index in [4.69, 9.17) is 0 Å². The van der Waals surface area contributed by atoms with Crippen molar-refractivity contribution in [2.75, 3.05) is 0 Å². The molecule has 4 aromatic carbocycles. The number of hydrogen-bond donors (Lipinski definition) is 0. The summed E-state index contributed by atoms with van der Waals surface area (Å²) in [4.78, 5) is 28.9. The molecule has 6 rings (SSSR count). The van der Waals surface area contributed by atoms with E-state index in [0.29, 0.717) is 0 Å². The number of hydrogen-bond acceptors (Lipinski definition) is 4. The first-order chi connectivity index (χ1) is 19.4. The average Bonchev–Trinajstić information content (AvgIpc) is 2.97. The number of ketones is 2. The molecule has 0 atom stereocenters. The van der Waals surface area contributed by atoms with Crippen LogP contribution in [0, 0.1) is 19.4 Å². The summed E-state index contributed by atoms with van der Waals surface area (Å²) in [6, 6.07) is 39.9. The van der Waals surface area contributed by atoms with Gasteiger partial charge in [0.1, 0.15) is 0 Å². The molecular weight excluding hydrogens is 685 g/mol. The molecule has 0 aliphatic rings. The monoisotopic (exact) mass is 714 g/mol. The normalized spacial score (nSPS) is 9.80. The van der Waals surface area contributed by atoms with Crippen molar-refractivity contribution in [3.8, 4) is 22.5 Å². The fourth-order valence-corrected chi connectivity index (χ4v) is 4.25. The van der Waals surface area contributed by atoms with Gasteiger partial charge < -0.3 is 14.6 Å². The predicted octanol–water partition coefficient (Wildman–Crippen LogP) is 8.15. The molecule has 204 valence electrons. The first-order valence-electron chi connectivity index (χ1n) is 12.9. The van der Waals surface area contributed by atoms with E-state index in [1.54, 1.807) is 0 Å². The van der Waals surface area contributed by atoms with Crippen LogP contribution in [-0.2, 0) is 29.7 Å². The Labute approximate surface area is 254 Å². The zero-order chi connectivity index (χ0) is 28.3. The van der Waals surface area contributed by atoms with E-state index in [0.717, 1.165) is 34.5 Å². The average molecular weight is 714 g/mol. The van der Waals surface area contributed by atoms with Gasteiger partial charge >= 0.3 is 20.1 Å². The van der Waals surface area contributed by atoms with E-state index in [1.165, 1.54) is 35.4 Å². The second-order valence-electron chi connectivity index (χ2n) is 9.06. The standard InChI is InChI=1S/C16H12N.C15H10N.C5H7O2.Ir/c1-12-6-2-4-8-14(12)16-15-9-5-3-7-13(15)10-11-17-16;1-2-7-13(8-3-1)15-14-9-5-4-6-12(14)10-11-16-15;1-4(6)3-5(2)7;/h2-11H,1H2;1-7,9-11H;3H,1-2H3;/q3*-1;+3. The molecule has 41 heavy (non-hydrogen) atoms. The first kappa shape index (κ1) is 31.0. The number of fused-ring (bicyclic) bond motifs is 2. The van der Waals surface area contributed by atoms with Crippen LogP contribution in [0.3, 0.4) is 0 Å². The van der Waals surface area contributed by atoms with Gasteiger partial charge in [0.2, 0.25) is 0 Å². The van der Waals surface area contributed by atoms with Crippen LogP contribution < -0.4 is 0 Å². The van der Waals surface area contributed by atoms with Crippen LogP contribution >= 0.6 is 0 Å². The zero-order valence-corrected chi connectivity index (χ0v) is 25.3. The molecule has 0 aliphatic carbocycles. The number of nitrogens with zero attached hydrogens (tertiary/aromatic N) is 2. The summed E-state index contributed by atoms with van der Waals surface area (Å²) >= 11 is 0. The predicted molar refractivity (Wildman–Crippen MR) is 163 cm³/mol. The molecule has 6 aromatic rings. The second-order valence-corrected chi connectivity index (χ2v) is 9.06. The Kier molecular flexibility index (Phi) is 11.5. The van der Waals surface area contributed by atoms with Crippen molar-refractivity contribution in [3.05, 3.63) is 147 Å². The van der Waals surface area contributed by atoms with Gasteiger partial charge in [0.15, 0.2) is 0 Å². The molecule has 2 heterocycles. The Morgan fingerprint density at radius 3 is 1.71 bits per heavy atom. The van der Waals surface area contributed by atoms with Crippen LogP contribution in [0.25, 0.3) is 44.1 Å². The third-order valence-corrected chi connectivity index (χ3v) is 5.99. The first-order valence-corrected chi connectivity index (χ1v) is 12.9. The molecule has 0 N–H and O–H groups in total. The van der Waals surface area contributed by atoms with Crippen molar-refractivity contribution in [2.45, 2.75) is 13.8 Å². The van der Waals surface area contributed by atoms with Crippen molar-refractivity contribution in [3.63, 3.8) is 0 Å². The summed E-state index contributed by atoms with van der Waals surface area (Å²) < 4.78 is 0. The van der Waals surface area contributed by atoms with Crippen LogP contribution in [0.1, 0.15) is 19.4 Å². The van der Waals surface area contributed by atoms with E-state index in [9.17, 15) is 9.59 Å². The van der Waals surface area contributed by atoms with Crippen LogP contribution in [-0.4, -0.2) is 21.5 Å². The van der Waals surface area contributed by atoms with Gasteiger partial charge in [-0.2, -0.15) is 18.6 Å². The fraction of sp³-hybridized carbons (Fsp3) is 0.0556. The maximum atomic E-state index is 9.98. The van der Waals surface area contributed by atoms with Crippen LogP contribution in [0.2, 0.25) is 0 Å². The van der Waals surface area contributed by atoms with Crippen LogP contribution in [0.5, 0.6) is 0 Å². The Hall–Kier alpha value is -4.57. The molecule has 0 aliphatic heterocycles. The topological polar surface area (TPSA) is 59.9 Å². The summed E-state index contributed by atoms with van der Waals surface area (Å²) in [5.41, 5.74) is 5.16. The molecule has 0 amide bonds. The Balaban J connectivity index is 0.000000181. The number of pyridine rings is 2. The van der Waals surface area contributed by atoms with E-state index >= 15 is 0 Å². The minimum absolute atomic E-state index is 0. The number of rotatable bonds is 4. The van der Waals surface area contributed by atoms with Crippen molar-refractivity contribution < 1.29 is 29.7 Å². The Morgan fingerprint density at radius 2 is 1.17 bits per heavy atom. The maximum Gasteiger partial charge on any atom is 3.00 e. The third kappa shape index (κ3) is 8.46. The zero-order valence-electron chi connectivity index (χ0n) is 22.9. The summed E-state index contributed by atoms with van der Waals surface area (Å²) in [7, 11) is 0. The van der Waals surface area contributed by atoms with Crippen molar-refractivity contribution >= 4 is 33.1 Å². The summed E-state index contributed by atoms with van der Waals surface area (Å²) in [5, 5.41) is 4.77. The number of carbonyl (C=O) groups excluding carboxylic acids is 2. The Bertz CT molecular complexity index is 1730. The largest absolute Gasteiger partial charge is 3.00 e. The number of carbonyl (C=O) groups is 2. The van der Waals surface area contributed by atoms with Crippen molar-refractivity contribution in [1.82, 2.24) is 9.97 Å². The smallest absolute Gasteiger partial charge is 0.334 e. The van der Waals surface area contributed by atoms with Gasteiger partial charge in [0, 0.05) is 29.7 Å². The molecule has 0 spiro atoms. The van der Waals surface area contributed by atoms with Crippen molar-refractivity contribution in [2.24, 2.45) is 0 Å². The van der Waals surface area contributed by atoms with Crippen LogP contribution in [0.15, 0.2) is 122 Å². The van der Waals surface area contributed by atoms with E-state index < -0.39 is 0 Å². The molecule has 0 fully saturated rings. The summed E-state index contributed by atoms with van der Waals surface area (Å²) in [6.07, 6.45) is 4.75. The minimum atomic E-state index is -0.187. The molecule has 0 saturated heterocycles. The quantitative estimate of drug-likeness (QED) is 0.137. The van der Waals surface area contributed by atoms with Crippen molar-refractivity contribution in [1.29, 1.82) is 0 Å². The van der Waals surface area contributed by atoms with E-state index in [-0.39, 0.29) is 31.7 Å². The number of Topliss-reactive ketones (excluding diaryl/α,β-unsaturated/α-hetero) is 2. The molecule has 0 bridgehead atoms. The minimum Gasteiger partial charge on any atom is -0.334 e. The van der Waals surface area contributed by atoms with Gasteiger partial charge in [-0.1, -0.05) is 54.6 Å². The molecule has 0 unspecified atom stereocenters. The maximum absolute atomic E-state index is 9.98. The second kappa shape index (κ2) is 15.3. The molecule has 2 aromatic heterocycles. The van der Waals surface area contributed by atoms with Gasteiger partial charge in [0.25, 0.3) is 0 Å². The van der Waals surface area contributed by atoms with Crippen LogP contribution in [0.4, 0.5) is 0 Å². The van der Waals surface area contributed by atoms with Gasteiger partial charge in [-0.05, 0) is 53.2 Å². The van der Waals surface area contributed by atoms with Gasteiger partial charge in [0.05, 0.1) is 0 Å². The Morgan fingerprint density at radius 1 is 0.659 bits per heavy atom. The van der Waals surface area contributed by atoms with Gasteiger partial charge in [-0.15, -0.1) is 53.6 Å². The third-order valence-electron chi connectivity index (χ3n) is 5.99. The molecule has 4 nitrogen and oxygen atoms in total. The summed E-state index contributed by atoms with van der Waals surface area (Å²) in [5.74, 6) is -0.375. The van der Waals surface area contributed by atoms with Gasteiger partial charge in [-0.25, -0.2) is 0 Å². The molecule has 0 radical (unpaired) electrons. The number of benzene rings is 4. The van der Waals surface area contributed by atoms with E-state index in [1.807, 2.05) is 91.3 Å². The molecule has 5 heteroatoms. The van der Waals surface area contributed by atoms with Gasteiger partial charge in [-0.3, -0.25) is 11.4 Å². The SMILES string of the molecule is CC(=O)[CH-]C(C)=O.[CH2-]c1ccccc1-c1nccc2ccccc12.[Ir+3].[c-]1ccccc1-c1nccc2ccccc12. The fourth-order valence-electron chi connectivity index (χ4n) is 4.25. The number of aromatic nitrogens is 2. The molecule has 0 saturated carbocycles. The molecular formula is C36H29IrN2O2.